The number of aromatic nitrogens is 2. The Morgan fingerprint density at radius 1 is 1.19 bits per heavy atom. The van der Waals surface area contributed by atoms with E-state index in [1.165, 1.54) is 18.5 Å². The highest BCUT2D eigenvalue weighted by atomic mass is 16.5. The van der Waals surface area contributed by atoms with Crippen molar-refractivity contribution in [2.75, 3.05) is 48.9 Å². The van der Waals surface area contributed by atoms with Gasteiger partial charge in [-0.05, 0) is 50.5 Å². The summed E-state index contributed by atoms with van der Waals surface area (Å²) in [5.41, 5.74) is 2.31. The summed E-state index contributed by atoms with van der Waals surface area (Å²) in [5, 5.41) is 6.11. The quantitative estimate of drug-likeness (QED) is 0.696. The van der Waals surface area contributed by atoms with E-state index in [9.17, 15) is 4.79 Å². The van der Waals surface area contributed by atoms with Crippen LogP contribution in [0.4, 0.5) is 17.2 Å². The number of ether oxygens (including phenoxy) is 1. The van der Waals surface area contributed by atoms with Crippen LogP contribution >= 0.6 is 0 Å². The number of amides is 1. The van der Waals surface area contributed by atoms with E-state index in [4.69, 9.17) is 4.74 Å². The number of benzene rings is 1. The first kappa shape index (κ1) is 19.1. The van der Waals surface area contributed by atoms with Gasteiger partial charge in [-0.25, -0.2) is 9.97 Å². The van der Waals surface area contributed by atoms with Crippen LogP contribution in [0.5, 0.6) is 0 Å². The van der Waals surface area contributed by atoms with Gasteiger partial charge in [0.25, 0.3) is 5.91 Å². The van der Waals surface area contributed by atoms with Crippen LogP contribution in [-0.4, -0.2) is 49.2 Å². The first-order valence-corrected chi connectivity index (χ1v) is 9.40. The summed E-state index contributed by atoms with van der Waals surface area (Å²) in [6, 6.07) is 9.64. The van der Waals surface area contributed by atoms with Crippen molar-refractivity contribution in [3.05, 3.63) is 41.9 Å². The summed E-state index contributed by atoms with van der Waals surface area (Å²) in [4.78, 5) is 23.5. The Balaban J connectivity index is 1.62. The van der Waals surface area contributed by atoms with Crippen LogP contribution in [0.3, 0.4) is 0 Å². The molecule has 0 radical (unpaired) electrons. The van der Waals surface area contributed by atoms with Gasteiger partial charge in [-0.3, -0.25) is 4.79 Å². The molecule has 2 heterocycles. The second kappa shape index (κ2) is 9.32. The maximum Gasteiger partial charge on any atom is 0.274 e. The zero-order valence-electron chi connectivity index (χ0n) is 16.0. The molecule has 0 spiro atoms. The second-order valence-corrected chi connectivity index (χ2v) is 6.65. The normalized spacial score (nSPS) is 13.6. The monoisotopic (exact) mass is 369 g/mol. The summed E-state index contributed by atoms with van der Waals surface area (Å²) in [5.74, 6) is 0.962. The number of nitrogens with one attached hydrogen (secondary N) is 2. The molecule has 0 atom stereocenters. The smallest absolute Gasteiger partial charge is 0.274 e. The van der Waals surface area contributed by atoms with E-state index < -0.39 is 0 Å². The largest absolute Gasteiger partial charge is 0.385 e. The molecule has 0 unspecified atom stereocenters. The number of methoxy groups -OCH3 is 1. The topological polar surface area (TPSA) is 79.4 Å². The van der Waals surface area contributed by atoms with E-state index in [1.807, 2.05) is 12.1 Å². The van der Waals surface area contributed by atoms with Gasteiger partial charge in [-0.1, -0.05) is 0 Å². The molecule has 0 bridgehead atoms. The van der Waals surface area contributed by atoms with E-state index in [0.29, 0.717) is 23.9 Å². The SMILES string of the molecule is COCCCNc1cc(C(=O)Nc2ccc(N3CCCC3)cc2)nc(C)n1. The zero-order chi connectivity index (χ0) is 19.1. The highest BCUT2D eigenvalue weighted by Crippen LogP contribution is 2.22. The van der Waals surface area contributed by atoms with Crippen molar-refractivity contribution in [1.29, 1.82) is 0 Å². The van der Waals surface area contributed by atoms with Crippen molar-refractivity contribution in [2.45, 2.75) is 26.2 Å². The van der Waals surface area contributed by atoms with Crippen LogP contribution in [0, 0.1) is 6.92 Å². The molecule has 1 aromatic carbocycles. The maximum atomic E-state index is 12.6. The van der Waals surface area contributed by atoms with Gasteiger partial charge in [-0.2, -0.15) is 0 Å². The fourth-order valence-electron chi connectivity index (χ4n) is 3.13. The molecule has 7 heteroatoms. The molecular weight excluding hydrogens is 342 g/mol. The number of hydrogen-bond donors (Lipinski definition) is 2. The molecule has 7 nitrogen and oxygen atoms in total. The van der Waals surface area contributed by atoms with Gasteiger partial charge in [0.15, 0.2) is 0 Å². The molecule has 3 rings (SSSR count). The molecular formula is C20H27N5O2. The molecule has 1 fully saturated rings. The van der Waals surface area contributed by atoms with Crippen LogP contribution in [0.1, 0.15) is 35.6 Å². The first-order chi connectivity index (χ1) is 13.2. The Bertz CT molecular complexity index is 757. The molecule has 0 saturated carbocycles. The van der Waals surface area contributed by atoms with Gasteiger partial charge in [0.1, 0.15) is 17.3 Å². The van der Waals surface area contributed by atoms with Crippen LogP contribution < -0.4 is 15.5 Å². The standard InChI is InChI=1S/C20H27N5O2/c1-15-22-18(14-19(23-15)21-10-5-13-27-2)20(26)24-16-6-8-17(9-7-16)25-11-3-4-12-25/h6-9,14H,3-5,10-13H2,1-2H3,(H,24,26)(H,21,22,23). The molecule has 27 heavy (non-hydrogen) atoms. The molecule has 2 aromatic rings. The molecule has 0 aliphatic carbocycles. The van der Waals surface area contributed by atoms with Gasteiger partial charge in [-0.15, -0.1) is 0 Å². The molecule has 1 amide bonds. The number of carbonyl (C=O) groups is 1. The van der Waals surface area contributed by atoms with Crippen LogP contribution in [0.25, 0.3) is 0 Å². The fourth-order valence-corrected chi connectivity index (χ4v) is 3.13. The van der Waals surface area contributed by atoms with Crippen molar-refractivity contribution in [3.8, 4) is 0 Å². The van der Waals surface area contributed by atoms with E-state index in [1.54, 1.807) is 20.1 Å². The van der Waals surface area contributed by atoms with E-state index in [2.05, 4.69) is 37.6 Å². The number of anilines is 3. The van der Waals surface area contributed by atoms with Gasteiger partial charge < -0.3 is 20.3 Å². The average molecular weight is 369 g/mol. The number of nitrogens with zero attached hydrogens (tertiary/aromatic N) is 3. The van der Waals surface area contributed by atoms with Crippen LogP contribution in [-0.2, 0) is 4.74 Å². The lowest BCUT2D eigenvalue weighted by atomic mass is 10.2. The lowest BCUT2D eigenvalue weighted by molar-refractivity contribution is 0.102. The Morgan fingerprint density at radius 3 is 2.63 bits per heavy atom. The van der Waals surface area contributed by atoms with Gasteiger partial charge in [0.05, 0.1) is 0 Å². The number of rotatable bonds is 8. The van der Waals surface area contributed by atoms with Crippen molar-refractivity contribution in [3.63, 3.8) is 0 Å². The molecule has 1 aromatic heterocycles. The minimum atomic E-state index is -0.241. The second-order valence-electron chi connectivity index (χ2n) is 6.65. The molecule has 144 valence electrons. The molecule has 1 aliphatic rings. The summed E-state index contributed by atoms with van der Waals surface area (Å²) < 4.78 is 5.03. The Hall–Kier alpha value is -2.67. The summed E-state index contributed by atoms with van der Waals surface area (Å²) in [7, 11) is 1.68. The minimum Gasteiger partial charge on any atom is -0.385 e. The first-order valence-electron chi connectivity index (χ1n) is 9.40. The summed E-state index contributed by atoms with van der Waals surface area (Å²) in [6.07, 6.45) is 3.35. The zero-order valence-corrected chi connectivity index (χ0v) is 16.0. The third-order valence-corrected chi connectivity index (χ3v) is 4.50. The third kappa shape index (κ3) is 5.40. The predicted octanol–water partition coefficient (Wildman–Crippen LogP) is 3.09. The Labute approximate surface area is 160 Å². The van der Waals surface area contributed by atoms with Crippen molar-refractivity contribution in [1.82, 2.24) is 9.97 Å². The summed E-state index contributed by atoms with van der Waals surface area (Å²) >= 11 is 0. The Kier molecular flexibility index (Phi) is 6.59. The van der Waals surface area contributed by atoms with E-state index >= 15 is 0 Å². The van der Waals surface area contributed by atoms with Crippen molar-refractivity contribution < 1.29 is 9.53 Å². The van der Waals surface area contributed by atoms with Crippen LogP contribution in [0.2, 0.25) is 0 Å². The van der Waals surface area contributed by atoms with Gasteiger partial charge in [0, 0.05) is 50.8 Å². The molecule has 2 N–H and O–H groups in total. The highest BCUT2D eigenvalue weighted by Gasteiger charge is 2.13. The van der Waals surface area contributed by atoms with Crippen LogP contribution in [0.15, 0.2) is 30.3 Å². The maximum absolute atomic E-state index is 12.6. The minimum absolute atomic E-state index is 0.241. The van der Waals surface area contributed by atoms with Gasteiger partial charge >= 0.3 is 0 Å². The molecule has 1 aliphatic heterocycles. The number of hydrogen-bond acceptors (Lipinski definition) is 6. The summed E-state index contributed by atoms with van der Waals surface area (Å²) in [6.45, 7) is 5.39. The molecule has 1 saturated heterocycles. The average Bonchev–Trinajstić information content (AvgIpc) is 3.20. The van der Waals surface area contributed by atoms with E-state index in [-0.39, 0.29) is 5.91 Å². The van der Waals surface area contributed by atoms with E-state index in [0.717, 1.165) is 31.7 Å². The lowest BCUT2D eigenvalue weighted by Gasteiger charge is -2.17. The lowest BCUT2D eigenvalue weighted by Crippen LogP contribution is -2.18. The Morgan fingerprint density at radius 2 is 1.93 bits per heavy atom. The number of carbonyl (C=O) groups excluding carboxylic acids is 1. The fraction of sp³-hybridized carbons (Fsp3) is 0.450. The van der Waals surface area contributed by atoms with Crippen molar-refractivity contribution in [2.24, 2.45) is 0 Å². The predicted molar refractivity (Wildman–Crippen MR) is 108 cm³/mol. The third-order valence-electron chi connectivity index (χ3n) is 4.50. The van der Waals surface area contributed by atoms with Crippen molar-refractivity contribution >= 4 is 23.1 Å². The highest BCUT2D eigenvalue weighted by molar-refractivity contribution is 6.03. The number of aryl methyl sites for hydroxylation is 1. The van der Waals surface area contributed by atoms with Gasteiger partial charge in [0.2, 0.25) is 0 Å².